The number of amides is 1. The Morgan fingerprint density at radius 1 is 1.00 bits per heavy atom. The fourth-order valence-corrected chi connectivity index (χ4v) is 4.84. The third-order valence-electron chi connectivity index (χ3n) is 5.05. The van der Waals surface area contributed by atoms with E-state index in [2.05, 4.69) is 5.32 Å². The molecule has 0 unspecified atom stereocenters. The van der Waals surface area contributed by atoms with Crippen molar-refractivity contribution in [3.63, 3.8) is 0 Å². The Morgan fingerprint density at radius 2 is 1.66 bits per heavy atom. The molecule has 0 aliphatic heterocycles. The largest absolute Gasteiger partial charge is 0.354 e. The van der Waals surface area contributed by atoms with Gasteiger partial charge in [0.05, 0.1) is 10.6 Å². The summed E-state index contributed by atoms with van der Waals surface area (Å²) in [6, 6.07) is 17.4. The van der Waals surface area contributed by atoms with Crippen molar-refractivity contribution in [1.82, 2.24) is 5.32 Å². The first-order chi connectivity index (χ1) is 15.2. The van der Waals surface area contributed by atoms with Gasteiger partial charge in [0.2, 0.25) is 5.91 Å². The summed E-state index contributed by atoms with van der Waals surface area (Å²) in [5.74, 6) is -0.784. The first-order valence-electron chi connectivity index (χ1n) is 10.0. The molecule has 0 saturated heterocycles. The molecular formula is C24H24ClFN2O3S. The fraction of sp³-hybridized carbons (Fsp3) is 0.208. The second-order valence-corrected chi connectivity index (χ2v) is 9.70. The van der Waals surface area contributed by atoms with E-state index in [1.165, 1.54) is 24.3 Å². The Bertz CT molecular complexity index is 1200. The minimum Gasteiger partial charge on any atom is -0.354 e. The maximum atomic E-state index is 13.4. The summed E-state index contributed by atoms with van der Waals surface area (Å²) >= 11 is 6.23. The number of carbonyl (C=O) groups is 1. The lowest BCUT2D eigenvalue weighted by Crippen LogP contribution is -2.41. The second kappa shape index (κ2) is 10.1. The minimum atomic E-state index is -4.01. The number of halogens is 2. The van der Waals surface area contributed by atoms with Crippen LogP contribution in [-0.4, -0.2) is 27.4 Å². The summed E-state index contributed by atoms with van der Waals surface area (Å²) in [7, 11) is -4.01. The van der Waals surface area contributed by atoms with Gasteiger partial charge in [-0.25, -0.2) is 12.8 Å². The molecule has 0 aliphatic carbocycles. The maximum Gasteiger partial charge on any atom is 0.264 e. The highest BCUT2D eigenvalue weighted by molar-refractivity contribution is 7.92. The Kier molecular flexibility index (Phi) is 7.53. The number of hydrogen-bond acceptors (Lipinski definition) is 3. The number of sulfonamides is 1. The number of aryl methyl sites for hydroxylation is 1. The minimum absolute atomic E-state index is 0.0848. The SMILES string of the molecule is Cc1ccc(S(=O)(=O)N(CC(=O)NCCc2ccc(F)cc2)c2cccc(Cl)c2C)cc1. The predicted molar refractivity (Wildman–Crippen MR) is 125 cm³/mol. The molecule has 0 saturated carbocycles. The number of hydrogen-bond donors (Lipinski definition) is 1. The number of anilines is 1. The van der Waals surface area contributed by atoms with Gasteiger partial charge in [0.25, 0.3) is 10.0 Å². The molecule has 5 nitrogen and oxygen atoms in total. The lowest BCUT2D eigenvalue weighted by atomic mass is 10.1. The molecule has 3 aromatic rings. The van der Waals surface area contributed by atoms with E-state index in [4.69, 9.17) is 11.6 Å². The molecule has 0 atom stereocenters. The van der Waals surface area contributed by atoms with Gasteiger partial charge in [-0.2, -0.15) is 0 Å². The Morgan fingerprint density at radius 3 is 2.31 bits per heavy atom. The standard InChI is InChI=1S/C24H24ClFN2O3S/c1-17-6-12-21(13-7-17)32(30,31)28(23-5-3-4-22(25)18(23)2)16-24(29)27-15-14-19-8-10-20(26)11-9-19/h3-13H,14-16H2,1-2H3,(H,27,29). The smallest absolute Gasteiger partial charge is 0.264 e. The van der Waals surface area contributed by atoms with Crippen molar-refractivity contribution in [1.29, 1.82) is 0 Å². The second-order valence-electron chi connectivity index (χ2n) is 7.44. The Hall–Kier alpha value is -2.90. The molecule has 1 N–H and O–H groups in total. The quantitative estimate of drug-likeness (QED) is 0.516. The molecule has 0 bridgehead atoms. The van der Waals surface area contributed by atoms with Crippen LogP contribution in [0.15, 0.2) is 71.6 Å². The van der Waals surface area contributed by atoms with Gasteiger partial charge < -0.3 is 5.32 Å². The Balaban J connectivity index is 1.82. The van der Waals surface area contributed by atoms with Crippen LogP contribution >= 0.6 is 11.6 Å². The summed E-state index contributed by atoms with van der Waals surface area (Å²) in [6.07, 6.45) is 0.493. The molecule has 3 aromatic carbocycles. The third-order valence-corrected chi connectivity index (χ3v) is 7.24. The van der Waals surface area contributed by atoms with Crippen LogP contribution in [-0.2, 0) is 21.2 Å². The van der Waals surface area contributed by atoms with Crippen LogP contribution in [0.1, 0.15) is 16.7 Å². The van der Waals surface area contributed by atoms with E-state index in [1.54, 1.807) is 49.4 Å². The van der Waals surface area contributed by atoms with Crippen LogP contribution in [0.4, 0.5) is 10.1 Å². The zero-order valence-corrected chi connectivity index (χ0v) is 19.4. The predicted octanol–water partition coefficient (Wildman–Crippen LogP) is 4.65. The maximum absolute atomic E-state index is 13.4. The zero-order valence-electron chi connectivity index (χ0n) is 17.8. The number of benzene rings is 3. The van der Waals surface area contributed by atoms with E-state index in [9.17, 15) is 17.6 Å². The first-order valence-corrected chi connectivity index (χ1v) is 11.9. The van der Waals surface area contributed by atoms with Crippen molar-refractivity contribution in [2.24, 2.45) is 0 Å². The van der Waals surface area contributed by atoms with Crippen molar-refractivity contribution in [2.75, 3.05) is 17.4 Å². The molecule has 0 radical (unpaired) electrons. The van der Waals surface area contributed by atoms with E-state index >= 15 is 0 Å². The number of nitrogens with zero attached hydrogens (tertiary/aromatic N) is 1. The van der Waals surface area contributed by atoms with Gasteiger partial charge in [-0.3, -0.25) is 9.10 Å². The van der Waals surface area contributed by atoms with Crippen LogP contribution in [0.5, 0.6) is 0 Å². The van der Waals surface area contributed by atoms with E-state index < -0.39 is 22.5 Å². The molecule has 3 rings (SSSR count). The van der Waals surface area contributed by atoms with Gasteiger partial charge in [0, 0.05) is 11.6 Å². The van der Waals surface area contributed by atoms with E-state index in [-0.39, 0.29) is 17.3 Å². The molecule has 0 fully saturated rings. The summed E-state index contributed by atoms with van der Waals surface area (Å²) in [4.78, 5) is 12.8. The lowest BCUT2D eigenvalue weighted by molar-refractivity contribution is -0.119. The highest BCUT2D eigenvalue weighted by Crippen LogP contribution is 2.30. The van der Waals surface area contributed by atoms with E-state index in [1.807, 2.05) is 6.92 Å². The van der Waals surface area contributed by atoms with E-state index in [0.29, 0.717) is 22.7 Å². The van der Waals surface area contributed by atoms with Crippen LogP contribution in [0.2, 0.25) is 5.02 Å². The topological polar surface area (TPSA) is 66.5 Å². The lowest BCUT2D eigenvalue weighted by Gasteiger charge is -2.26. The van der Waals surface area contributed by atoms with Crippen LogP contribution in [0, 0.1) is 19.7 Å². The normalized spacial score (nSPS) is 11.2. The van der Waals surface area contributed by atoms with Crippen molar-refractivity contribution in [3.05, 3.63) is 94.3 Å². The molecule has 0 heterocycles. The van der Waals surface area contributed by atoms with Crippen LogP contribution in [0.3, 0.4) is 0 Å². The van der Waals surface area contributed by atoms with Gasteiger partial charge in [0.15, 0.2) is 0 Å². The van der Waals surface area contributed by atoms with Crippen molar-refractivity contribution in [2.45, 2.75) is 25.2 Å². The summed E-state index contributed by atoms with van der Waals surface area (Å²) in [6.45, 7) is 3.46. The average Bonchev–Trinajstić information content (AvgIpc) is 2.76. The van der Waals surface area contributed by atoms with E-state index in [0.717, 1.165) is 15.4 Å². The summed E-state index contributed by atoms with van der Waals surface area (Å²) in [5.41, 5.74) is 2.69. The summed E-state index contributed by atoms with van der Waals surface area (Å²) < 4.78 is 41.0. The Labute approximate surface area is 192 Å². The molecule has 0 spiro atoms. The first kappa shape index (κ1) is 23.8. The van der Waals surface area contributed by atoms with Gasteiger partial charge in [0.1, 0.15) is 12.4 Å². The van der Waals surface area contributed by atoms with Crippen molar-refractivity contribution in [3.8, 4) is 0 Å². The summed E-state index contributed by atoms with van der Waals surface area (Å²) in [5, 5.41) is 3.15. The molecular weight excluding hydrogens is 451 g/mol. The molecule has 8 heteroatoms. The molecule has 168 valence electrons. The monoisotopic (exact) mass is 474 g/mol. The molecule has 1 amide bonds. The average molecular weight is 475 g/mol. The molecule has 0 aromatic heterocycles. The van der Waals surface area contributed by atoms with Gasteiger partial charge in [-0.05, 0) is 67.8 Å². The molecule has 32 heavy (non-hydrogen) atoms. The van der Waals surface area contributed by atoms with Gasteiger partial charge >= 0.3 is 0 Å². The number of rotatable bonds is 8. The van der Waals surface area contributed by atoms with Gasteiger partial charge in [-0.15, -0.1) is 0 Å². The van der Waals surface area contributed by atoms with Crippen LogP contribution in [0.25, 0.3) is 0 Å². The fourth-order valence-electron chi connectivity index (χ4n) is 3.19. The number of nitrogens with one attached hydrogen (secondary N) is 1. The van der Waals surface area contributed by atoms with Gasteiger partial charge in [-0.1, -0.05) is 47.5 Å². The highest BCUT2D eigenvalue weighted by Gasteiger charge is 2.28. The third kappa shape index (κ3) is 5.66. The van der Waals surface area contributed by atoms with Crippen molar-refractivity contribution < 1.29 is 17.6 Å². The highest BCUT2D eigenvalue weighted by atomic mass is 35.5. The molecule has 0 aliphatic rings. The van der Waals surface area contributed by atoms with Crippen molar-refractivity contribution >= 4 is 33.2 Å². The number of carbonyl (C=O) groups excluding carboxylic acids is 1. The zero-order chi connectivity index (χ0) is 23.3. The van der Waals surface area contributed by atoms with Crippen LogP contribution < -0.4 is 9.62 Å².